The lowest BCUT2D eigenvalue weighted by molar-refractivity contribution is 0.0634. The molecule has 0 atom stereocenters. The lowest BCUT2D eigenvalue weighted by Crippen LogP contribution is -2.48. The predicted octanol–water partition coefficient (Wildman–Crippen LogP) is 3.25. The van der Waals surface area contributed by atoms with Crippen molar-refractivity contribution in [1.29, 1.82) is 0 Å². The molecule has 0 unspecified atom stereocenters. The zero-order valence-electron chi connectivity index (χ0n) is 14.7. The van der Waals surface area contributed by atoms with Gasteiger partial charge in [0.1, 0.15) is 5.82 Å². The number of halogens is 1. The molecular weight excluding hydrogens is 331 g/mol. The zero-order chi connectivity index (χ0) is 18.4. The van der Waals surface area contributed by atoms with Gasteiger partial charge >= 0.3 is 0 Å². The van der Waals surface area contributed by atoms with Crippen LogP contribution in [-0.2, 0) is 0 Å². The molecule has 2 aromatic carbocycles. The molecular formula is C21H23FN2O2. The second-order valence-corrected chi connectivity index (χ2v) is 6.54. The summed E-state index contributed by atoms with van der Waals surface area (Å²) >= 11 is 0. The van der Waals surface area contributed by atoms with E-state index in [4.69, 9.17) is 0 Å². The molecule has 1 amide bonds. The molecule has 26 heavy (non-hydrogen) atoms. The molecule has 0 radical (unpaired) electrons. The Morgan fingerprint density at radius 2 is 1.58 bits per heavy atom. The van der Waals surface area contributed by atoms with Crippen LogP contribution >= 0.6 is 0 Å². The fourth-order valence-electron chi connectivity index (χ4n) is 3.21. The van der Waals surface area contributed by atoms with E-state index in [2.05, 4.69) is 4.90 Å². The van der Waals surface area contributed by atoms with Crippen molar-refractivity contribution in [2.75, 3.05) is 32.7 Å². The van der Waals surface area contributed by atoms with Crippen molar-refractivity contribution >= 4 is 11.7 Å². The maximum atomic E-state index is 13.3. The molecule has 0 spiro atoms. The number of nitrogens with zero attached hydrogens (tertiary/aromatic N) is 2. The number of Topliss-reactive ketones (excluding diaryl/α,β-unsaturated/α-hetero) is 1. The van der Waals surface area contributed by atoms with Crippen LogP contribution in [0.3, 0.4) is 0 Å². The first-order valence-electron chi connectivity index (χ1n) is 8.99. The van der Waals surface area contributed by atoms with Gasteiger partial charge in [-0.1, -0.05) is 36.4 Å². The molecule has 0 saturated carbocycles. The first kappa shape index (κ1) is 18.3. The Morgan fingerprint density at radius 3 is 2.27 bits per heavy atom. The van der Waals surface area contributed by atoms with Crippen molar-refractivity contribution in [1.82, 2.24) is 9.80 Å². The summed E-state index contributed by atoms with van der Waals surface area (Å²) in [5.41, 5.74) is 1.16. The predicted molar refractivity (Wildman–Crippen MR) is 98.8 cm³/mol. The highest BCUT2D eigenvalue weighted by molar-refractivity contribution is 5.96. The maximum absolute atomic E-state index is 13.3. The van der Waals surface area contributed by atoms with Gasteiger partial charge in [-0.2, -0.15) is 0 Å². The van der Waals surface area contributed by atoms with Crippen LogP contribution in [0, 0.1) is 5.82 Å². The Balaban J connectivity index is 1.41. The second-order valence-electron chi connectivity index (χ2n) is 6.54. The summed E-state index contributed by atoms with van der Waals surface area (Å²) < 4.78 is 13.3. The number of carbonyl (C=O) groups excluding carboxylic acids is 2. The quantitative estimate of drug-likeness (QED) is 0.748. The number of ketones is 1. The van der Waals surface area contributed by atoms with Crippen molar-refractivity contribution in [3.63, 3.8) is 0 Å². The first-order valence-corrected chi connectivity index (χ1v) is 8.99. The molecule has 1 fully saturated rings. The highest BCUT2D eigenvalue weighted by Gasteiger charge is 2.22. The molecule has 2 aromatic rings. The monoisotopic (exact) mass is 354 g/mol. The summed E-state index contributed by atoms with van der Waals surface area (Å²) in [7, 11) is 0. The second kappa shape index (κ2) is 8.72. The Hall–Kier alpha value is -2.53. The SMILES string of the molecule is O=C(CCCN1CCN(C(=O)c2cccc(F)c2)CC1)c1ccccc1. The third-order valence-electron chi connectivity index (χ3n) is 4.71. The number of hydrogen-bond acceptors (Lipinski definition) is 3. The molecule has 0 aromatic heterocycles. The Morgan fingerprint density at radius 1 is 0.885 bits per heavy atom. The lowest BCUT2D eigenvalue weighted by atomic mass is 10.1. The van der Waals surface area contributed by atoms with Crippen molar-refractivity contribution in [2.45, 2.75) is 12.8 Å². The topological polar surface area (TPSA) is 40.6 Å². The summed E-state index contributed by atoms with van der Waals surface area (Å²) in [5.74, 6) is -0.341. The van der Waals surface area contributed by atoms with E-state index in [1.54, 1.807) is 17.0 Å². The molecule has 5 heteroatoms. The number of hydrogen-bond donors (Lipinski definition) is 0. The van der Waals surface area contributed by atoms with Gasteiger partial charge < -0.3 is 4.90 Å². The van der Waals surface area contributed by atoms with E-state index in [1.807, 2.05) is 30.3 Å². The highest BCUT2D eigenvalue weighted by atomic mass is 19.1. The highest BCUT2D eigenvalue weighted by Crippen LogP contribution is 2.12. The van der Waals surface area contributed by atoms with E-state index in [1.165, 1.54) is 12.1 Å². The molecule has 1 heterocycles. The Bertz CT molecular complexity index is 756. The molecule has 1 aliphatic heterocycles. The summed E-state index contributed by atoms with van der Waals surface area (Å²) in [6, 6.07) is 15.2. The Labute approximate surface area is 153 Å². The molecule has 4 nitrogen and oxygen atoms in total. The zero-order valence-corrected chi connectivity index (χ0v) is 14.7. The van der Waals surface area contributed by atoms with Gasteiger partial charge in [-0.25, -0.2) is 4.39 Å². The van der Waals surface area contributed by atoms with E-state index in [0.717, 1.165) is 31.6 Å². The minimum absolute atomic E-state index is 0.122. The van der Waals surface area contributed by atoms with Crippen molar-refractivity contribution in [2.24, 2.45) is 0 Å². The van der Waals surface area contributed by atoms with Crippen LogP contribution in [0.25, 0.3) is 0 Å². The van der Waals surface area contributed by atoms with Gasteiger partial charge in [0.2, 0.25) is 0 Å². The van der Waals surface area contributed by atoms with Gasteiger partial charge in [0.25, 0.3) is 5.91 Å². The van der Waals surface area contributed by atoms with Gasteiger partial charge in [-0.05, 0) is 31.2 Å². The van der Waals surface area contributed by atoms with Crippen LogP contribution in [-0.4, -0.2) is 54.2 Å². The van der Waals surface area contributed by atoms with Crippen LogP contribution in [0.15, 0.2) is 54.6 Å². The van der Waals surface area contributed by atoms with Crippen molar-refractivity contribution in [3.8, 4) is 0 Å². The number of amides is 1. The van der Waals surface area contributed by atoms with Crippen LogP contribution < -0.4 is 0 Å². The van der Waals surface area contributed by atoms with Crippen LogP contribution in [0.5, 0.6) is 0 Å². The number of carbonyl (C=O) groups is 2. The van der Waals surface area contributed by atoms with Crippen LogP contribution in [0.4, 0.5) is 4.39 Å². The van der Waals surface area contributed by atoms with Gasteiger partial charge in [-0.15, -0.1) is 0 Å². The first-order chi connectivity index (χ1) is 12.6. The number of piperazine rings is 1. The molecule has 0 aliphatic carbocycles. The van der Waals surface area contributed by atoms with Gasteiger partial charge in [0.15, 0.2) is 5.78 Å². The molecule has 1 aliphatic rings. The van der Waals surface area contributed by atoms with E-state index < -0.39 is 5.82 Å². The summed E-state index contributed by atoms with van der Waals surface area (Å²) in [5, 5.41) is 0. The minimum atomic E-state index is -0.391. The van der Waals surface area contributed by atoms with E-state index in [9.17, 15) is 14.0 Å². The number of benzene rings is 2. The molecule has 0 bridgehead atoms. The molecule has 136 valence electrons. The normalized spacial score (nSPS) is 15.0. The van der Waals surface area contributed by atoms with E-state index in [-0.39, 0.29) is 11.7 Å². The minimum Gasteiger partial charge on any atom is -0.336 e. The third-order valence-corrected chi connectivity index (χ3v) is 4.71. The summed E-state index contributed by atoms with van der Waals surface area (Å²) in [6.45, 7) is 3.66. The van der Waals surface area contributed by atoms with Crippen LogP contribution in [0.2, 0.25) is 0 Å². The average Bonchev–Trinajstić information content (AvgIpc) is 2.68. The van der Waals surface area contributed by atoms with Crippen molar-refractivity contribution in [3.05, 3.63) is 71.5 Å². The standard InChI is InChI=1S/C21H23FN2O2/c22-19-9-4-8-18(16-19)21(26)24-14-12-23(13-15-24)11-5-10-20(25)17-6-2-1-3-7-17/h1-4,6-9,16H,5,10-15H2. The maximum Gasteiger partial charge on any atom is 0.254 e. The fourth-order valence-corrected chi connectivity index (χ4v) is 3.21. The van der Waals surface area contributed by atoms with Gasteiger partial charge in [0, 0.05) is 43.7 Å². The average molecular weight is 354 g/mol. The molecule has 1 saturated heterocycles. The smallest absolute Gasteiger partial charge is 0.254 e. The van der Waals surface area contributed by atoms with Crippen LogP contribution in [0.1, 0.15) is 33.6 Å². The Kier molecular flexibility index (Phi) is 6.12. The van der Waals surface area contributed by atoms with E-state index in [0.29, 0.717) is 25.1 Å². The van der Waals surface area contributed by atoms with E-state index >= 15 is 0 Å². The van der Waals surface area contributed by atoms with Crippen molar-refractivity contribution < 1.29 is 14.0 Å². The molecule has 0 N–H and O–H groups in total. The number of rotatable bonds is 6. The van der Waals surface area contributed by atoms with Gasteiger partial charge in [-0.3, -0.25) is 14.5 Å². The fraction of sp³-hybridized carbons (Fsp3) is 0.333. The summed E-state index contributed by atoms with van der Waals surface area (Å²) in [6.07, 6.45) is 1.35. The lowest BCUT2D eigenvalue weighted by Gasteiger charge is -2.34. The summed E-state index contributed by atoms with van der Waals surface area (Å²) in [4.78, 5) is 28.6. The molecule has 3 rings (SSSR count). The third kappa shape index (κ3) is 4.76. The largest absolute Gasteiger partial charge is 0.336 e. The van der Waals surface area contributed by atoms with Gasteiger partial charge in [0.05, 0.1) is 0 Å².